The van der Waals surface area contributed by atoms with E-state index in [4.69, 9.17) is 9.16 Å². The molecule has 4 aliphatic carbocycles. The van der Waals surface area contributed by atoms with E-state index in [2.05, 4.69) is 54.6 Å². The van der Waals surface area contributed by atoms with Crippen molar-refractivity contribution < 1.29 is 24.2 Å². The number of hydrogen-bond donors (Lipinski definition) is 2. The van der Waals surface area contributed by atoms with Gasteiger partial charge in [0, 0.05) is 12.5 Å². The van der Waals surface area contributed by atoms with Gasteiger partial charge in [-0.2, -0.15) is 0 Å². The Morgan fingerprint density at radius 2 is 1.73 bits per heavy atom. The van der Waals surface area contributed by atoms with Crippen molar-refractivity contribution in [3.63, 3.8) is 0 Å². The number of ether oxygens (including phenoxy) is 1. The fourth-order valence-electron chi connectivity index (χ4n) is 9.46. The Bertz CT molecular complexity index is 838. The normalized spacial score (nSPS) is 44.9. The summed E-state index contributed by atoms with van der Waals surface area (Å²) < 4.78 is 11.8. The van der Waals surface area contributed by atoms with Crippen molar-refractivity contribution in [2.45, 2.75) is 136 Å². The summed E-state index contributed by atoms with van der Waals surface area (Å²) in [6.45, 7) is 18.7. The molecule has 5 nitrogen and oxygen atoms in total. The van der Waals surface area contributed by atoms with Gasteiger partial charge in [0.25, 0.3) is 0 Å². The third kappa shape index (κ3) is 5.00. The molecule has 0 heterocycles. The molecule has 6 heteroatoms. The molecule has 2 N–H and O–H groups in total. The zero-order chi connectivity index (χ0) is 27.6. The molecule has 11 atom stereocenters. The third-order valence-electron chi connectivity index (χ3n) is 12.8. The lowest BCUT2D eigenvalue weighted by Gasteiger charge is -2.64. The van der Waals surface area contributed by atoms with Crippen molar-refractivity contribution in [1.82, 2.24) is 0 Å². The van der Waals surface area contributed by atoms with Crippen LogP contribution < -0.4 is 0 Å². The molecule has 4 saturated carbocycles. The number of carbonyl (C=O) groups excluding carboxylic acids is 1. The zero-order valence-corrected chi connectivity index (χ0v) is 26.2. The Morgan fingerprint density at radius 3 is 2.35 bits per heavy atom. The van der Waals surface area contributed by atoms with Gasteiger partial charge < -0.3 is 19.4 Å². The fraction of sp³-hybridized carbons (Fsp3) is 0.968. The van der Waals surface area contributed by atoms with Gasteiger partial charge in [-0.05, 0) is 116 Å². The second-order valence-corrected chi connectivity index (χ2v) is 20.2. The van der Waals surface area contributed by atoms with Crippen LogP contribution in [-0.4, -0.2) is 49.9 Å². The second-order valence-electron chi connectivity index (χ2n) is 15.5. The van der Waals surface area contributed by atoms with E-state index in [9.17, 15) is 15.0 Å². The topological polar surface area (TPSA) is 76.0 Å². The van der Waals surface area contributed by atoms with Crippen molar-refractivity contribution >= 4 is 14.3 Å². The SMILES string of the molecule is COC(=O)CCC(C)C1CCC2C3C(C[C@H](O)[C@]12C)[C@@]1(C)CC[C@@H](O[Si](C)(C)C(C)(C)C)CC1C[C@H]3O. The Morgan fingerprint density at radius 1 is 1.05 bits per heavy atom. The predicted octanol–water partition coefficient (Wildman–Crippen LogP) is 6.57. The average molecular weight is 537 g/mol. The number of methoxy groups -OCH3 is 1. The zero-order valence-electron chi connectivity index (χ0n) is 25.2. The van der Waals surface area contributed by atoms with Crippen molar-refractivity contribution in [3.05, 3.63) is 0 Å². The minimum Gasteiger partial charge on any atom is -0.469 e. The van der Waals surface area contributed by atoms with Gasteiger partial charge in [0.2, 0.25) is 0 Å². The highest BCUT2D eigenvalue weighted by atomic mass is 28.4. The first-order valence-corrected chi connectivity index (χ1v) is 18.1. The van der Waals surface area contributed by atoms with E-state index >= 15 is 0 Å². The van der Waals surface area contributed by atoms with Crippen molar-refractivity contribution in [2.75, 3.05) is 7.11 Å². The van der Waals surface area contributed by atoms with Crippen LogP contribution in [0.4, 0.5) is 0 Å². The van der Waals surface area contributed by atoms with Crippen LogP contribution in [0, 0.1) is 46.3 Å². The quantitative estimate of drug-likeness (QED) is 0.297. The molecular formula is C31H56O5Si. The van der Waals surface area contributed by atoms with Gasteiger partial charge >= 0.3 is 5.97 Å². The van der Waals surface area contributed by atoms with Gasteiger partial charge in [-0.25, -0.2) is 0 Å². The molecule has 6 unspecified atom stereocenters. The number of esters is 1. The maximum absolute atomic E-state index is 11.8. The molecule has 0 amide bonds. The van der Waals surface area contributed by atoms with E-state index in [1.54, 1.807) is 0 Å². The fourth-order valence-corrected chi connectivity index (χ4v) is 10.9. The standard InChI is InChI=1S/C31H56O5Si/c1-19(10-13-27(34)35-7)22-11-12-23-28-24(18-26(33)31(22,23)6)30(5)15-14-21(16-20(30)17-25(28)32)36-37(8,9)29(2,3)4/h19-26,28,32-33H,10-18H2,1-9H3/t19?,20?,21-,22?,23?,24?,25-,26+,28?,30+,31-/m1/s1. The molecule has 0 spiro atoms. The molecular weight excluding hydrogens is 480 g/mol. The van der Waals surface area contributed by atoms with Gasteiger partial charge in [0.1, 0.15) is 0 Å². The molecule has 37 heavy (non-hydrogen) atoms. The first-order valence-electron chi connectivity index (χ1n) is 15.2. The van der Waals surface area contributed by atoms with E-state index in [0.29, 0.717) is 42.1 Å². The van der Waals surface area contributed by atoms with Gasteiger partial charge in [-0.1, -0.05) is 41.5 Å². The Hall–Kier alpha value is -0.433. The van der Waals surface area contributed by atoms with E-state index in [1.165, 1.54) is 7.11 Å². The van der Waals surface area contributed by atoms with Crippen molar-refractivity contribution in [3.8, 4) is 0 Å². The summed E-state index contributed by atoms with van der Waals surface area (Å²) in [5, 5.41) is 23.7. The van der Waals surface area contributed by atoms with Crippen LogP contribution in [0.2, 0.25) is 18.1 Å². The summed E-state index contributed by atoms with van der Waals surface area (Å²) in [7, 11) is -0.375. The number of carbonyl (C=O) groups is 1. The Kier molecular flexibility index (Phi) is 8.14. The Labute approximate surface area is 227 Å². The van der Waals surface area contributed by atoms with Gasteiger partial charge in [0.05, 0.1) is 19.3 Å². The van der Waals surface area contributed by atoms with E-state index in [0.717, 1.165) is 51.4 Å². The molecule has 0 saturated heterocycles. The van der Waals surface area contributed by atoms with Gasteiger partial charge in [-0.3, -0.25) is 4.79 Å². The third-order valence-corrected chi connectivity index (χ3v) is 17.3. The van der Waals surface area contributed by atoms with Crippen LogP contribution in [-0.2, 0) is 14.0 Å². The van der Waals surface area contributed by atoms with Crippen molar-refractivity contribution in [2.24, 2.45) is 46.3 Å². The average Bonchev–Trinajstić information content (AvgIpc) is 3.16. The van der Waals surface area contributed by atoms with Crippen LogP contribution in [0.5, 0.6) is 0 Å². The van der Waals surface area contributed by atoms with Crippen molar-refractivity contribution in [1.29, 1.82) is 0 Å². The van der Waals surface area contributed by atoms with E-state index in [1.807, 2.05) is 0 Å². The number of hydrogen-bond acceptors (Lipinski definition) is 5. The second kappa shape index (κ2) is 10.2. The van der Waals surface area contributed by atoms with Crippen LogP contribution in [0.15, 0.2) is 0 Å². The maximum Gasteiger partial charge on any atom is 0.305 e. The van der Waals surface area contributed by atoms with E-state index in [-0.39, 0.29) is 40.0 Å². The predicted molar refractivity (Wildman–Crippen MR) is 150 cm³/mol. The summed E-state index contributed by atoms with van der Waals surface area (Å²) in [6.07, 6.45) is 8.03. The smallest absolute Gasteiger partial charge is 0.305 e. The van der Waals surface area contributed by atoms with Gasteiger partial charge in [-0.15, -0.1) is 0 Å². The first kappa shape index (κ1) is 29.5. The number of aliphatic hydroxyl groups is 2. The molecule has 0 aromatic carbocycles. The minimum atomic E-state index is -1.83. The molecule has 4 aliphatic rings. The summed E-state index contributed by atoms with van der Waals surface area (Å²) in [4.78, 5) is 11.8. The lowest BCUT2D eigenvalue weighted by Crippen LogP contribution is -2.62. The first-order chi connectivity index (χ1) is 17.1. The lowest BCUT2D eigenvalue weighted by atomic mass is 9.43. The monoisotopic (exact) mass is 536 g/mol. The molecule has 0 radical (unpaired) electrons. The molecule has 214 valence electrons. The molecule has 0 aliphatic heterocycles. The summed E-state index contributed by atoms with van der Waals surface area (Å²) in [5.41, 5.74) is -0.0301. The highest BCUT2D eigenvalue weighted by Gasteiger charge is 2.65. The van der Waals surface area contributed by atoms with Crippen LogP contribution in [0.3, 0.4) is 0 Å². The lowest BCUT2D eigenvalue weighted by molar-refractivity contribution is -0.206. The van der Waals surface area contributed by atoms with Gasteiger partial charge in [0.15, 0.2) is 8.32 Å². The minimum absolute atomic E-state index is 0.148. The number of aliphatic hydroxyl groups excluding tert-OH is 2. The molecule has 0 bridgehead atoms. The van der Waals surface area contributed by atoms with Crippen LogP contribution in [0.1, 0.15) is 99.3 Å². The largest absolute Gasteiger partial charge is 0.469 e. The van der Waals surface area contributed by atoms with Crippen LogP contribution >= 0.6 is 0 Å². The molecule has 0 aromatic heterocycles. The maximum atomic E-state index is 11.8. The summed E-state index contributed by atoms with van der Waals surface area (Å²) >= 11 is 0. The van der Waals surface area contributed by atoms with Crippen LogP contribution in [0.25, 0.3) is 0 Å². The number of rotatable bonds is 6. The molecule has 0 aromatic rings. The Balaban J connectivity index is 1.51. The molecule has 4 rings (SSSR count). The highest BCUT2D eigenvalue weighted by Crippen LogP contribution is 2.68. The molecule has 4 fully saturated rings. The van der Waals surface area contributed by atoms with E-state index < -0.39 is 8.32 Å². The highest BCUT2D eigenvalue weighted by molar-refractivity contribution is 6.74. The number of fused-ring (bicyclic) bond motifs is 5. The summed E-state index contributed by atoms with van der Waals surface area (Å²) in [5.74, 6) is 2.03. The summed E-state index contributed by atoms with van der Waals surface area (Å²) in [6, 6.07) is 0.